The number of rotatable bonds is 3. The number of nitrogens with one attached hydrogen (secondary N) is 1. The molecule has 0 aliphatic carbocycles. The van der Waals surface area contributed by atoms with Crippen LogP contribution < -0.4 is 5.32 Å². The molecule has 1 aliphatic rings. The van der Waals surface area contributed by atoms with Gasteiger partial charge >= 0.3 is 5.97 Å². The van der Waals surface area contributed by atoms with E-state index in [-0.39, 0.29) is 5.97 Å². The maximum atomic E-state index is 11.7. The van der Waals surface area contributed by atoms with Crippen LogP contribution in [0.15, 0.2) is 53.4 Å². The zero-order valence-electron chi connectivity index (χ0n) is 10.4. The van der Waals surface area contributed by atoms with Crippen LogP contribution >= 0.6 is 11.8 Å². The molecule has 4 heteroatoms. The van der Waals surface area contributed by atoms with Crippen molar-refractivity contribution >= 4 is 23.4 Å². The Labute approximate surface area is 116 Å². The van der Waals surface area contributed by atoms with Crippen molar-refractivity contribution in [1.82, 2.24) is 0 Å². The van der Waals surface area contributed by atoms with Crippen LogP contribution in [0, 0.1) is 0 Å². The van der Waals surface area contributed by atoms with Gasteiger partial charge in [-0.05, 0) is 30.5 Å². The minimum Gasteiger partial charge on any atom is -0.434 e. The van der Waals surface area contributed by atoms with Crippen LogP contribution in [0.3, 0.4) is 0 Å². The lowest BCUT2D eigenvalue weighted by molar-refractivity contribution is 0.0437. The Balaban J connectivity index is 1.87. The van der Waals surface area contributed by atoms with Gasteiger partial charge < -0.3 is 10.1 Å². The van der Waals surface area contributed by atoms with Gasteiger partial charge in [0.15, 0.2) is 0 Å². The third-order valence-electron chi connectivity index (χ3n) is 3.06. The number of fused-ring (bicyclic) bond motifs is 1. The lowest BCUT2D eigenvalue weighted by Crippen LogP contribution is -2.10. The Kier molecular flexibility index (Phi) is 3.17. The normalized spacial score (nSPS) is 16.9. The summed E-state index contributed by atoms with van der Waals surface area (Å²) in [6.45, 7) is 0. The van der Waals surface area contributed by atoms with Gasteiger partial charge in [0.1, 0.15) is 0 Å². The number of esters is 1. The van der Waals surface area contributed by atoms with Crippen LogP contribution in [-0.4, -0.2) is 12.2 Å². The van der Waals surface area contributed by atoms with Gasteiger partial charge in [0.05, 0.1) is 5.56 Å². The summed E-state index contributed by atoms with van der Waals surface area (Å²) in [5.41, 5.74) is 2.48. The Hall–Kier alpha value is -1.94. The van der Waals surface area contributed by atoms with Gasteiger partial charge in [-0.1, -0.05) is 24.3 Å². The molecule has 0 unspecified atom stereocenters. The number of hydrogen-bond donors (Lipinski definition) is 1. The molecule has 0 bridgehead atoms. The minimum atomic E-state index is -0.402. The second-order valence-electron chi connectivity index (χ2n) is 4.25. The molecular formula is C15H13NO2S. The highest BCUT2D eigenvalue weighted by molar-refractivity contribution is 7.98. The van der Waals surface area contributed by atoms with E-state index in [1.54, 1.807) is 17.8 Å². The zero-order valence-corrected chi connectivity index (χ0v) is 11.2. The van der Waals surface area contributed by atoms with Gasteiger partial charge in [0, 0.05) is 16.1 Å². The first-order valence-electron chi connectivity index (χ1n) is 5.98. The summed E-state index contributed by atoms with van der Waals surface area (Å²) >= 11 is 1.68. The SMILES string of the molecule is CSc1cccc(N[C@@H]2OC(=O)c3ccccc32)c1. The second-order valence-corrected chi connectivity index (χ2v) is 5.13. The topological polar surface area (TPSA) is 38.3 Å². The average molecular weight is 271 g/mol. The molecule has 0 saturated carbocycles. The molecule has 0 amide bonds. The van der Waals surface area contributed by atoms with E-state index in [4.69, 9.17) is 4.74 Å². The lowest BCUT2D eigenvalue weighted by atomic mass is 10.1. The van der Waals surface area contributed by atoms with Gasteiger partial charge in [0.2, 0.25) is 6.23 Å². The summed E-state index contributed by atoms with van der Waals surface area (Å²) in [5, 5.41) is 3.25. The van der Waals surface area contributed by atoms with E-state index in [1.807, 2.05) is 48.7 Å². The molecule has 2 aromatic carbocycles. The fourth-order valence-corrected chi connectivity index (χ4v) is 2.58. The van der Waals surface area contributed by atoms with E-state index in [2.05, 4.69) is 5.32 Å². The van der Waals surface area contributed by atoms with E-state index in [1.165, 1.54) is 4.90 Å². The molecule has 2 aromatic rings. The van der Waals surface area contributed by atoms with Crippen molar-refractivity contribution < 1.29 is 9.53 Å². The summed E-state index contributed by atoms with van der Waals surface area (Å²) in [6, 6.07) is 15.5. The quantitative estimate of drug-likeness (QED) is 0.682. The molecular weight excluding hydrogens is 258 g/mol. The molecule has 1 N–H and O–H groups in total. The average Bonchev–Trinajstić information content (AvgIpc) is 2.76. The third kappa shape index (κ3) is 2.31. The van der Waals surface area contributed by atoms with Crippen molar-refractivity contribution in [2.45, 2.75) is 11.1 Å². The number of carbonyl (C=O) groups excluding carboxylic acids is 1. The highest BCUT2D eigenvalue weighted by Gasteiger charge is 2.30. The lowest BCUT2D eigenvalue weighted by Gasteiger charge is -2.14. The van der Waals surface area contributed by atoms with Gasteiger partial charge in [-0.25, -0.2) is 4.79 Å². The number of anilines is 1. The molecule has 3 nitrogen and oxygen atoms in total. The standard InChI is InChI=1S/C15H13NO2S/c1-19-11-6-4-5-10(9-11)16-14-12-7-2-3-8-13(12)15(17)18-14/h2-9,14,16H,1H3/t14-/m1/s1. The first-order valence-corrected chi connectivity index (χ1v) is 7.21. The summed E-state index contributed by atoms with van der Waals surface area (Å²) in [5.74, 6) is -0.269. The minimum absolute atomic E-state index is 0.269. The Morgan fingerprint density at radius 3 is 2.84 bits per heavy atom. The van der Waals surface area contributed by atoms with E-state index < -0.39 is 6.23 Å². The maximum absolute atomic E-state index is 11.7. The summed E-state index contributed by atoms with van der Waals surface area (Å²) in [7, 11) is 0. The van der Waals surface area contributed by atoms with Crippen molar-refractivity contribution in [1.29, 1.82) is 0 Å². The van der Waals surface area contributed by atoms with E-state index in [9.17, 15) is 4.79 Å². The van der Waals surface area contributed by atoms with Gasteiger partial charge in [-0.15, -0.1) is 11.8 Å². The number of ether oxygens (including phenoxy) is 1. The first kappa shape index (κ1) is 12.1. The summed E-state index contributed by atoms with van der Waals surface area (Å²) in [6.07, 6.45) is 1.63. The predicted octanol–water partition coefficient (Wildman–Crippen LogP) is 3.69. The number of cyclic esters (lactones) is 1. The fraction of sp³-hybridized carbons (Fsp3) is 0.133. The molecule has 1 aliphatic heterocycles. The highest BCUT2D eigenvalue weighted by Crippen LogP contribution is 2.32. The summed E-state index contributed by atoms with van der Waals surface area (Å²) < 4.78 is 5.35. The van der Waals surface area contributed by atoms with Crippen LogP contribution in [-0.2, 0) is 4.74 Å². The zero-order chi connectivity index (χ0) is 13.2. The molecule has 19 heavy (non-hydrogen) atoms. The van der Waals surface area contributed by atoms with Crippen molar-refractivity contribution in [2.75, 3.05) is 11.6 Å². The molecule has 96 valence electrons. The monoisotopic (exact) mass is 271 g/mol. The molecule has 0 aromatic heterocycles. The third-order valence-corrected chi connectivity index (χ3v) is 3.78. The second kappa shape index (κ2) is 4.97. The maximum Gasteiger partial charge on any atom is 0.340 e. The van der Waals surface area contributed by atoms with Crippen molar-refractivity contribution in [2.24, 2.45) is 0 Å². The molecule has 0 saturated heterocycles. The Morgan fingerprint density at radius 1 is 1.16 bits per heavy atom. The van der Waals surface area contributed by atoms with Gasteiger partial charge in [-0.3, -0.25) is 0 Å². The van der Waals surface area contributed by atoms with Crippen molar-refractivity contribution in [3.8, 4) is 0 Å². The molecule has 3 rings (SSSR count). The van der Waals surface area contributed by atoms with Crippen LogP contribution in [0.25, 0.3) is 0 Å². The smallest absolute Gasteiger partial charge is 0.340 e. The van der Waals surface area contributed by atoms with E-state index >= 15 is 0 Å². The van der Waals surface area contributed by atoms with Gasteiger partial charge in [-0.2, -0.15) is 0 Å². The molecule has 0 fully saturated rings. The number of thioether (sulfide) groups is 1. The number of hydrogen-bond acceptors (Lipinski definition) is 4. The molecule has 0 spiro atoms. The van der Waals surface area contributed by atoms with E-state index in [0.717, 1.165) is 11.3 Å². The Morgan fingerprint density at radius 2 is 2.00 bits per heavy atom. The summed E-state index contributed by atoms with van der Waals surface area (Å²) in [4.78, 5) is 12.9. The van der Waals surface area contributed by atoms with Crippen molar-refractivity contribution in [3.63, 3.8) is 0 Å². The Bertz CT molecular complexity index is 627. The molecule has 1 heterocycles. The highest BCUT2D eigenvalue weighted by atomic mass is 32.2. The van der Waals surface area contributed by atoms with Crippen LogP contribution in [0.2, 0.25) is 0 Å². The van der Waals surface area contributed by atoms with Crippen LogP contribution in [0.1, 0.15) is 22.1 Å². The van der Waals surface area contributed by atoms with Gasteiger partial charge in [0.25, 0.3) is 0 Å². The largest absolute Gasteiger partial charge is 0.434 e. The number of benzene rings is 2. The number of carbonyl (C=O) groups is 1. The van der Waals surface area contributed by atoms with E-state index in [0.29, 0.717) is 5.56 Å². The molecule has 1 atom stereocenters. The predicted molar refractivity (Wildman–Crippen MR) is 76.4 cm³/mol. The van der Waals surface area contributed by atoms with Crippen LogP contribution in [0.4, 0.5) is 5.69 Å². The van der Waals surface area contributed by atoms with Crippen LogP contribution in [0.5, 0.6) is 0 Å². The van der Waals surface area contributed by atoms with Crippen molar-refractivity contribution in [3.05, 3.63) is 59.7 Å². The first-order chi connectivity index (χ1) is 9.28. The fourth-order valence-electron chi connectivity index (χ4n) is 2.12. The molecule has 0 radical (unpaired) electrons.